The van der Waals surface area contributed by atoms with Gasteiger partial charge < -0.3 is 0 Å². The van der Waals surface area contributed by atoms with Gasteiger partial charge in [-0.25, -0.2) is 0 Å². The van der Waals surface area contributed by atoms with E-state index in [2.05, 4.69) is 19.6 Å². The Labute approximate surface area is 114 Å². The Balaban J connectivity index is 2.85. The van der Waals surface area contributed by atoms with E-state index in [1.807, 2.05) is 11.8 Å². The maximum Gasteiger partial charge on any atom is 0.0135 e. The van der Waals surface area contributed by atoms with Gasteiger partial charge in [0.05, 0.1) is 0 Å². The summed E-state index contributed by atoms with van der Waals surface area (Å²) >= 11 is 1.96. The highest BCUT2D eigenvalue weighted by Crippen LogP contribution is 2.13. The van der Waals surface area contributed by atoms with E-state index >= 15 is 0 Å². The van der Waals surface area contributed by atoms with Gasteiger partial charge in [0.15, 0.2) is 0 Å². The molecule has 0 saturated heterocycles. The zero-order valence-electron chi connectivity index (χ0n) is 12.2. The van der Waals surface area contributed by atoms with Crippen LogP contribution in [-0.2, 0) is 0 Å². The zero-order chi connectivity index (χ0) is 12.6. The third-order valence-electron chi connectivity index (χ3n) is 3.28. The van der Waals surface area contributed by atoms with E-state index in [9.17, 15) is 0 Å². The van der Waals surface area contributed by atoms with Crippen molar-refractivity contribution in [2.24, 2.45) is 0 Å². The summed E-state index contributed by atoms with van der Waals surface area (Å²) in [6, 6.07) is 0. The second kappa shape index (κ2) is 16.4. The molecule has 0 N–H and O–H groups in total. The molecular formula is C16H33S. The van der Waals surface area contributed by atoms with Crippen LogP contribution in [0.5, 0.6) is 0 Å². The molecule has 0 rings (SSSR count). The standard InChI is InChI=1S/C16H33S/c1-3-5-6-7-8-9-10-11-12-13-14-15-16-17-4-2/h4H,3,5-16H2,1-2H3. The second-order valence-corrected chi connectivity index (χ2v) is 6.21. The van der Waals surface area contributed by atoms with Crippen molar-refractivity contribution in [1.82, 2.24) is 0 Å². The lowest BCUT2D eigenvalue weighted by Gasteiger charge is -2.02. The van der Waals surface area contributed by atoms with Gasteiger partial charge in [-0.3, -0.25) is 0 Å². The van der Waals surface area contributed by atoms with Crippen LogP contribution in [0.15, 0.2) is 0 Å². The van der Waals surface area contributed by atoms with E-state index < -0.39 is 0 Å². The highest BCUT2D eigenvalue weighted by molar-refractivity contribution is 8.01. The van der Waals surface area contributed by atoms with E-state index in [0.717, 1.165) is 0 Å². The first-order valence-corrected chi connectivity index (χ1v) is 8.86. The van der Waals surface area contributed by atoms with Crippen LogP contribution in [0.3, 0.4) is 0 Å². The van der Waals surface area contributed by atoms with Crippen molar-refractivity contribution < 1.29 is 0 Å². The Hall–Kier alpha value is 0.350. The SMILES string of the molecule is C[CH]SCCCCCCCCCCCCCC. The lowest BCUT2D eigenvalue weighted by molar-refractivity contribution is 0.548. The van der Waals surface area contributed by atoms with Crippen LogP contribution in [0.2, 0.25) is 0 Å². The Bertz CT molecular complexity index is 109. The molecule has 0 unspecified atom stereocenters. The van der Waals surface area contributed by atoms with Gasteiger partial charge in [0.25, 0.3) is 0 Å². The van der Waals surface area contributed by atoms with Gasteiger partial charge in [-0.15, -0.1) is 0 Å². The molecule has 0 atom stereocenters. The molecule has 0 aliphatic rings. The van der Waals surface area contributed by atoms with E-state index in [1.54, 1.807) is 0 Å². The maximum atomic E-state index is 2.29. The van der Waals surface area contributed by atoms with E-state index in [0.29, 0.717) is 0 Å². The number of unbranched alkanes of at least 4 members (excludes halogenated alkanes) is 11. The second-order valence-electron chi connectivity index (χ2n) is 5.00. The Kier molecular flexibility index (Phi) is 16.7. The largest absolute Gasteiger partial charge is 0.158 e. The van der Waals surface area contributed by atoms with Crippen molar-refractivity contribution >= 4 is 11.8 Å². The minimum atomic E-state index is 1.33. The van der Waals surface area contributed by atoms with Crippen LogP contribution in [-0.4, -0.2) is 5.75 Å². The van der Waals surface area contributed by atoms with E-state index in [-0.39, 0.29) is 0 Å². The summed E-state index contributed by atoms with van der Waals surface area (Å²) in [5.41, 5.74) is 0. The lowest BCUT2D eigenvalue weighted by atomic mass is 10.1. The predicted molar refractivity (Wildman–Crippen MR) is 83.5 cm³/mol. The molecule has 0 spiro atoms. The van der Waals surface area contributed by atoms with Gasteiger partial charge in [-0.2, -0.15) is 11.8 Å². The summed E-state index contributed by atoms with van der Waals surface area (Å²) in [7, 11) is 0. The Morgan fingerprint density at radius 3 is 1.47 bits per heavy atom. The average molecular weight is 258 g/mol. The van der Waals surface area contributed by atoms with E-state index in [1.165, 1.54) is 82.8 Å². The van der Waals surface area contributed by atoms with Gasteiger partial charge in [0.1, 0.15) is 0 Å². The molecule has 0 aromatic carbocycles. The third-order valence-corrected chi connectivity index (χ3v) is 4.14. The van der Waals surface area contributed by atoms with Crippen LogP contribution >= 0.6 is 11.8 Å². The highest BCUT2D eigenvalue weighted by atomic mass is 32.2. The highest BCUT2D eigenvalue weighted by Gasteiger charge is 1.93. The molecule has 1 radical (unpaired) electrons. The molecule has 0 fully saturated rings. The number of thioether (sulfide) groups is 1. The van der Waals surface area contributed by atoms with Crippen molar-refractivity contribution in [3.05, 3.63) is 5.75 Å². The smallest absolute Gasteiger partial charge is 0.0135 e. The summed E-state index contributed by atoms with van der Waals surface area (Å²) in [6.07, 6.45) is 17.4. The zero-order valence-corrected chi connectivity index (χ0v) is 13.0. The summed E-state index contributed by atoms with van der Waals surface area (Å²) in [5, 5.41) is 0. The van der Waals surface area contributed by atoms with Crippen molar-refractivity contribution in [1.29, 1.82) is 0 Å². The fraction of sp³-hybridized carbons (Fsp3) is 0.938. The molecule has 0 nitrogen and oxygen atoms in total. The quantitative estimate of drug-likeness (QED) is 0.316. The minimum absolute atomic E-state index is 1.33. The normalized spacial score (nSPS) is 10.9. The van der Waals surface area contributed by atoms with Gasteiger partial charge in [-0.05, 0) is 12.2 Å². The molecule has 0 heterocycles. The first-order chi connectivity index (χ1) is 8.41. The first kappa shape index (κ1) is 17.4. The molecule has 1 heteroatoms. The Morgan fingerprint density at radius 2 is 1.06 bits per heavy atom. The number of hydrogen-bond acceptors (Lipinski definition) is 1. The van der Waals surface area contributed by atoms with Gasteiger partial charge in [0.2, 0.25) is 0 Å². The summed E-state index contributed by atoms with van der Waals surface area (Å²) in [6.45, 7) is 4.42. The van der Waals surface area contributed by atoms with Crippen molar-refractivity contribution in [2.45, 2.75) is 90.9 Å². The molecule has 0 aromatic rings. The van der Waals surface area contributed by atoms with Gasteiger partial charge in [-0.1, -0.05) is 84.5 Å². The molecule has 0 bridgehead atoms. The van der Waals surface area contributed by atoms with Crippen molar-refractivity contribution in [3.63, 3.8) is 0 Å². The summed E-state index contributed by atoms with van der Waals surface area (Å²) in [4.78, 5) is 0. The van der Waals surface area contributed by atoms with Crippen LogP contribution in [0, 0.1) is 5.75 Å². The topological polar surface area (TPSA) is 0 Å². The number of hydrogen-bond donors (Lipinski definition) is 0. The van der Waals surface area contributed by atoms with Gasteiger partial charge in [0, 0.05) is 5.75 Å². The minimum Gasteiger partial charge on any atom is -0.158 e. The van der Waals surface area contributed by atoms with Crippen LogP contribution in [0.25, 0.3) is 0 Å². The number of rotatable bonds is 14. The van der Waals surface area contributed by atoms with Crippen LogP contribution in [0.1, 0.15) is 90.9 Å². The predicted octanol–water partition coefficient (Wildman–Crippen LogP) is 6.60. The Morgan fingerprint density at radius 1 is 0.647 bits per heavy atom. The van der Waals surface area contributed by atoms with Crippen molar-refractivity contribution in [3.8, 4) is 0 Å². The summed E-state index contributed by atoms with van der Waals surface area (Å²) in [5.74, 6) is 3.53. The summed E-state index contributed by atoms with van der Waals surface area (Å²) < 4.78 is 0. The van der Waals surface area contributed by atoms with E-state index in [4.69, 9.17) is 0 Å². The average Bonchev–Trinajstić information content (AvgIpc) is 2.35. The maximum absolute atomic E-state index is 2.29. The molecule has 0 saturated carbocycles. The molecule has 0 amide bonds. The van der Waals surface area contributed by atoms with Crippen molar-refractivity contribution in [2.75, 3.05) is 5.75 Å². The first-order valence-electron chi connectivity index (χ1n) is 7.81. The fourth-order valence-corrected chi connectivity index (χ4v) is 2.75. The van der Waals surface area contributed by atoms with Crippen LogP contribution in [0.4, 0.5) is 0 Å². The molecular weight excluding hydrogens is 224 g/mol. The molecule has 103 valence electrons. The fourth-order valence-electron chi connectivity index (χ4n) is 2.14. The third kappa shape index (κ3) is 16.4. The monoisotopic (exact) mass is 257 g/mol. The molecule has 0 aliphatic carbocycles. The lowest BCUT2D eigenvalue weighted by Crippen LogP contribution is -1.83. The van der Waals surface area contributed by atoms with Gasteiger partial charge >= 0.3 is 0 Å². The molecule has 0 aromatic heterocycles. The molecule has 17 heavy (non-hydrogen) atoms. The molecule has 0 aliphatic heterocycles. The van der Waals surface area contributed by atoms with Crippen LogP contribution < -0.4 is 0 Å².